The number of pyridine rings is 1. The molecule has 21 heavy (non-hydrogen) atoms. The van der Waals surface area contributed by atoms with Gasteiger partial charge in [0, 0.05) is 38.6 Å². The van der Waals surface area contributed by atoms with Crippen molar-refractivity contribution in [3.8, 4) is 0 Å². The fourth-order valence-corrected chi connectivity index (χ4v) is 2.67. The van der Waals surface area contributed by atoms with E-state index in [1.54, 1.807) is 17.2 Å². The summed E-state index contributed by atoms with van der Waals surface area (Å²) >= 11 is 11.1. The van der Waals surface area contributed by atoms with Crippen LogP contribution >= 0.6 is 23.8 Å². The van der Waals surface area contributed by atoms with Gasteiger partial charge in [0.2, 0.25) is 0 Å². The molecule has 7 heteroatoms. The van der Waals surface area contributed by atoms with Crippen molar-refractivity contribution < 1.29 is 4.79 Å². The van der Waals surface area contributed by atoms with Gasteiger partial charge in [-0.3, -0.25) is 14.7 Å². The van der Waals surface area contributed by atoms with Crippen molar-refractivity contribution in [2.45, 2.75) is 19.4 Å². The minimum absolute atomic E-state index is 0.0600. The van der Waals surface area contributed by atoms with Gasteiger partial charge in [-0.2, -0.15) is 0 Å². The number of aromatic nitrogens is 1. The van der Waals surface area contributed by atoms with E-state index in [9.17, 15) is 4.79 Å². The van der Waals surface area contributed by atoms with Crippen molar-refractivity contribution in [1.29, 1.82) is 0 Å². The molecule has 1 aliphatic heterocycles. The molecule has 2 N–H and O–H groups in total. The quantitative estimate of drug-likeness (QED) is 0.854. The summed E-state index contributed by atoms with van der Waals surface area (Å²) in [5, 5.41) is 0.383. The molecular formula is C14H19ClN4OS. The summed E-state index contributed by atoms with van der Waals surface area (Å²) in [6, 6.07) is 1.65. The Morgan fingerprint density at radius 2 is 2.00 bits per heavy atom. The van der Waals surface area contributed by atoms with E-state index in [0.29, 0.717) is 28.7 Å². The molecule has 0 radical (unpaired) electrons. The minimum atomic E-state index is -0.335. The number of nitrogens with zero attached hydrogens (tertiary/aromatic N) is 3. The predicted molar refractivity (Wildman–Crippen MR) is 87.6 cm³/mol. The van der Waals surface area contributed by atoms with Gasteiger partial charge in [-0.15, -0.1) is 0 Å². The number of amides is 1. The Hall–Kier alpha value is -1.24. The molecule has 0 unspecified atom stereocenters. The van der Waals surface area contributed by atoms with Crippen molar-refractivity contribution in [2.24, 2.45) is 5.73 Å². The van der Waals surface area contributed by atoms with Gasteiger partial charge < -0.3 is 10.6 Å². The summed E-state index contributed by atoms with van der Waals surface area (Å²) in [5.74, 6) is -0.0600. The molecule has 1 aromatic rings. The Morgan fingerprint density at radius 3 is 2.52 bits per heavy atom. The van der Waals surface area contributed by atoms with E-state index in [2.05, 4.69) is 9.88 Å². The Kier molecular flexibility index (Phi) is 4.81. The van der Waals surface area contributed by atoms with Crippen molar-refractivity contribution in [1.82, 2.24) is 14.8 Å². The highest BCUT2D eigenvalue weighted by atomic mass is 35.5. The van der Waals surface area contributed by atoms with Crippen LogP contribution in [-0.4, -0.2) is 57.4 Å². The largest absolute Gasteiger partial charge is 0.392 e. The molecule has 0 aromatic carbocycles. The number of piperazine rings is 1. The van der Waals surface area contributed by atoms with Gasteiger partial charge in [0.1, 0.15) is 0 Å². The lowest BCUT2D eigenvalue weighted by atomic mass is 10.0. The first-order valence-electron chi connectivity index (χ1n) is 6.78. The van der Waals surface area contributed by atoms with Crippen molar-refractivity contribution in [2.75, 3.05) is 26.2 Å². The van der Waals surface area contributed by atoms with Crippen LogP contribution < -0.4 is 5.73 Å². The Bertz CT molecular complexity index is 556. The normalized spacial score (nSPS) is 16.8. The molecule has 0 bridgehead atoms. The lowest BCUT2D eigenvalue weighted by Gasteiger charge is -2.43. The molecule has 0 saturated carbocycles. The van der Waals surface area contributed by atoms with E-state index < -0.39 is 0 Å². The van der Waals surface area contributed by atoms with Crippen LogP contribution in [0.5, 0.6) is 0 Å². The number of hydrogen-bond donors (Lipinski definition) is 1. The highest BCUT2D eigenvalue weighted by Gasteiger charge is 2.33. The summed E-state index contributed by atoms with van der Waals surface area (Å²) in [6.45, 7) is 6.74. The lowest BCUT2D eigenvalue weighted by Crippen LogP contribution is -2.59. The number of thiocarbonyl (C=S) groups is 1. The van der Waals surface area contributed by atoms with Crippen molar-refractivity contribution >= 4 is 34.7 Å². The van der Waals surface area contributed by atoms with Crippen LogP contribution in [0.2, 0.25) is 5.02 Å². The molecule has 1 saturated heterocycles. The minimum Gasteiger partial charge on any atom is -0.392 e. The molecule has 0 atom stereocenters. The van der Waals surface area contributed by atoms with E-state index in [1.165, 1.54) is 6.20 Å². The maximum Gasteiger partial charge on any atom is 0.255 e. The predicted octanol–water partition coefficient (Wildman–Crippen LogP) is 1.56. The Labute approximate surface area is 135 Å². The van der Waals surface area contributed by atoms with E-state index in [4.69, 9.17) is 29.6 Å². The zero-order valence-electron chi connectivity index (χ0n) is 12.2. The summed E-state index contributed by atoms with van der Waals surface area (Å²) in [5.41, 5.74) is 5.95. The van der Waals surface area contributed by atoms with Crippen molar-refractivity contribution in [3.05, 3.63) is 29.0 Å². The third-order valence-electron chi connectivity index (χ3n) is 3.96. The lowest BCUT2D eigenvalue weighted by molar-refractivity contribution is 0.0539. The first-order valence-corrected chi connectivity index (χ1v) is 7.56. The summed E-state index contributed by atoms with van der Waals surface area (Å²) in [4.78, 5) is 20.8. The maximum atomic E-state index is 12.5. The van der Waals surface area contributed by atoms with E-state index in [0.717, 1.165) is 13.1 Å². The standard InChI is InChI=1S/C14H19ClN4OS/c1-14(2,13(16)21)19-7-5-18(6-8-19)12(20)10-3-4-17-9-11(10)15/h3-4,9H,5-8H2,1-2H3,(H2,16,21). The molecule has 114 valence electrons. The van der Waals surface area contributed by atoms with Crippen LogP contribution in [0.25, 0.3) is 0 Å². The molecule has 0 spiro atoms. The number of carbonyl (C=O) groups is 1. The van der Waals surface area contributed by atoms with Gasteiger partial charge in [-0.05, 0) is 19.9 Å². The Balaban J connectivity index is 2.03. The fourth-order valence-electron chi connectivity index (χ4n) is 2.34. The first-order chi connectivity index (χ1) is 9.84. The van der Waals surface area contributed by atoms with Crippen LogP contribution in [0.4, 0.5) is 0 Å². The number of rotatable bonds is 3. The second-order valence-corrected chi connectivity index (χ2v) is 6.41. The molecule has 5 nitrogen and oxygen atoms in total. The van der Waals surface area contributed by atoms with Crippen LogP contribution in [0.3, 0.4) is 0 Å². The van der Waals surface area contributed by atoms with E-state index in [1.807, 2.05) is 13.8 Å². The molecule has 1 amide bonds. The number of nitrogens with two attached hydrogens (primary N) is 1. The zero-order valence-corrected chi connectivity index (χ0v) is 13.7. The Morgan fingerprint density at radius 1 is 1.38 bits per heavy atom. The molecule has 1 fully saturated rings. The van der Waals surface area contributed by atoms with E-state index >= 15 is 0 Å². The van der Waals surface area contributed by atoms with Gasteiger partial charge in [-0.1, -0.05) is 23.8 Å². The SMILES string of the molecule is CC(C)(C(N)=S)N1CCN(C(=O)c2ccncc2Cl)CC1. The van der Waals surface area contributed by atoms with Crippen LogP contribution in [0, 0.1) is 0 Å². The van der Waals surface area contributed by atoms with E-state index in [-0.39, 0.29) is 11.4 Å². The van der Waals surface area contributed by atoms with Gasteiger partial charge in [0.05, 0.1) is 21.1 Å². The maximum absolute atomic E-state index is 12.5. The molecular weight excluding hydrogens is 308 g/mol. The van der Waals surface area contributed by atoms with Crippen LogP contribution in [-0.2, 0) is 0 Å². The summed E-state index contributed by atoms with van der Waals surface area (Å²) < 4.78 is 0. The second kappa shape index (κ2) is 6.25. The topological polar surface area (TPSA) is 62.5 Å². The number of hydrogen-bond acceptors (Lipinski definition) is 4. The third kappa shape index (κ3) is 3.33. The number of carbonyl (C=O) groups excluding carboxylic acids is 1. The molecule has 2 rings (SSSR count). The average Bonchev–Trinajstić information content (AvgIpc) is 2.47. The summed E-state index contributed by atoms with van der Waals surface area (Å²) in [6.07, 6.45) is 3.06. The van der Waals surface area contributed by atoms with Crippen LogP contribution in [0.1, 0.15) is 24.2 Å². The second-order valence-electron chi connectivity index (χ2n) is 5.56. The molecule has 2 heterocycles. The first kappa shape index (κ1) is 16.1. The molecule has 1 aliphatic rings. The zero-order chi connectivity index (χ0) is 15.6. The fraction of sp³-hybridized carbons (Fsp3) is 0.500. The monoisotopic (exact) mass is 326 g/mol. The van der Waals surface area contributed by atoms with Gasteiger partial charge in [0.25, 0.3) is 5.91 Å². The highest BCUT2D eigenvalue weighted by molar-refractivity contribution is 7.80. The van der Waals surface area contributed by atoms with Gasteiger partial charge in [0.15, 0.2) is 0 Å². The highest BCUT2D eigenvalue weighted by Crippen LogP contribution is 2.20. The molecule has 1 aromatic heterocycles. The van der Waals surface area contributed by atoms with Gasteiger partial charge >= 0.3 is 0 Å². The summed E-state index contributed by atoms with van der Waals surface area (Å²) in [7, 11) is 0. The third-order valence-corrected chi connectivity index (χ3v) is 4.76. The van der Waals surface area contributed by atoms with Crippen molar-refractivity contribution in [3.63, 3.8) is 0 Å². The average molecular weight is 327 g/mol. The molecule has 0 aliphatic carbocycles. The smallest absolute Gasteiger partial charge is 0.255 e. The van der Waals surface area contributed by atoms with Crippen LogP contribution in [0.15, 0.2) is 18.5 Å². The van der Waals surface area contributed by atoms with Gasteiger partial charge in [-0.25, -0.2) is 0 Å². The number of halogens is 1.